The van der Waals surface area contributed by atoms with Gasteiger partial charge < -0.3 is 29.4 Å². The first-order valence-electron chi connectivity index (χ1n) is 10.4. The second-order valence-electron chi connectivity index (χ2n) is 6.70. The number of carboxylic acid groups (broad SMARTS) is 1. The molecule has 0 aliphatic heterocycles. The van der Waals surface area contributed by atoms with Crippen LogP contribution in [0.3, 0.4) is 0 Å². The molecule has 1 amide bonds. The van der Waals surface area contributed by atoms with Crippen molar-refractivity contribution in [2.24, 2.45) is 5.92 Å². The van der Waals surface area contributed by atoms with Gasteiger partial charge in [-0.05, 0) is 25.2 Å². The standard InChI is InChI=1S/C20H39NO7/c1-3-18(2)6-5-10-25-12-14-27-16-17-28-15-13-26-11-9-21-19(22)7-4-8-20(23)24/h18H,3-17H2,1-2H3,(H,21,22)(H,23,24). The van der Waals surface area contributed by atoms with Gasteiger partial charge in [0, 0.05) is 26.0 Å². The van der Waals surface area contributed by atoms with Gasteiger partial charge in [-0.2, -0.15) is 0 Å². The van der Waals surface area contributed by atoms with E-state index in [-0.39, 0.29) is 18.7 Å². The number of rotatable bonds is 21. The van der Waals surface area contributed by atoms with Crippen molar-refractivity contribution in [2.45, 2.75) is 52.4 Å². The second-order valence-corrected chi connectivity index (χ2v) is 6.70. The van der Waals surface area contributed by atoms with Gasteiger partial charge in [-0.25, -0.2) is 0 Å². The van der Waals surface area contributed by atoms with Gasteiger partial charge in [-0.15, -0.1) is 0 Å². The Bertz CT molecular complexity index is 380. The highest BCUT2D eigenvalue weighted by Crippen LogP contribution is 2.08. The van der Waals surface area contributed by atoms with E-state index in [4.69, 9.17) is 24.1 Å². The van der Waals surface area contributed by atoms with Crippen LogP contribution in [0.25, 0.3) is 0 Å². The Morgan fingerprint density at radius 2 is 1.36 bits per heavy atom. The minimum Gasteiger partial charge on any atom is -0.481 e. The van der Waals surface area contributed by atoms with Gasteiger partial charge in [0.1, 0.15) is 0 Å². The van der Waals surface area contributed by atoms with Gasteiger partial charge in [0.25, 0.3) is 0 Å². The fraction of sp³-hybridized carbons (Fsp3) is 0.900. The molecule has 166 valence electrons. The van der Waals surface area contributed by atoms with Crippen molar-refractivity contribution in [3.8, 4) is 0 Å². The van der Waals surface area contributed by atoms with Crippen molar-refractivity contribution in [1.82, 2.24) is 5.32 Å². The summed E-state index contributed by atoms with van der Waals surface area (Å²) in [7, 11) is 0. The number of carbonyl (C=O) groups is 2. The molecule has 28 heavy (non-hydrogen) atoms. The summed E-state index contributed by atoms with van der Waals surface area (Å²) >= 11 is 0. The number of carbonyl (C=O) groups excluding carboxylic acids is 1. The highest BCUT2D eigenvalue weighted by atomic mass is 16.6. The minimum absolute atomic E-state index is 0.0103. The van der Waals surface area contributed by atoms with Crippen LogP contribution in [0.4, 0.5) is 0 Å². The Labute approximate surface area is 169 Å². The maximum atomic E-state index is 11.4. The number of hydrogen-bond acceptors (Lipinski definition) is 6. The maximum Gasteiger partial charge on any atom is 0.303 e. The third kappa shape index (κ3) is 21.1. The highest BCUT2D eigenvalue weighted by molar-refractivity contribution is 5.76. The van der Waals surface area contributed by atoms with Gasteiger partial charge >= 0.3 is 5.97 Å². The van der Waals surface area contributed by atoms with Crippen molar-refractivity contribution in [3.63, 3.8) is 0 Å². The minimum atomic E-state index is -0.887. The predicted molar refractivity (Wildman–Crippen MR) is 106 cm³/mol. The number of hydrogen-bond donors (Lipinski definition) is 2. The average Bonchev–Trinajstić information content (AvgIpc) is 2.67. The molecule has 0 aromatic carbocycles. The largest absolute Gasteiger partial charge is 0.481 e. The Morgan fingerprint density at radius 3 is 1.89 bits per heavy atom. The fourth-order valence-electron chi connectivity index (χ4n) is 2.25. The molecule has 0 spiro atoms. The van der Waals surface area contributed by atoms with E-state index in [0.29, 0.717) is 59.2 Å². The third-order valence-electron chi connectivity index (χ3n) is 4.16. The van der Waals surface area contributed by atoms with E-state index in [9.17, 15) is 9.59 Å². The average molecular weight is 406 g/mol. The van der Waals surface area contributed by atoms with Crippen molar-refractivity contribution in [3.05, 3.63) is 0 Å². The zero-order valence-corrected chi connectivity index (χ0v) is 17.6. The summed E-state index contributed by atoms with van der Waals surface area (Å²) in [5.74, 6) is -0.268. The number of carboxylic acids is 1. The molecule has 0 rings (SSSR count). The van der Waals surface area contributed by atoms with E-state index in [0.717, 1.165) is 18.9 Å². The van der Waals surface area contributed by atoms with Crippen LogP contribution in [0.1, 0.15) is 52.4 Å². The van der Waals surface area contributed by atoms with E-state index in [1.165, 1.54) is 12.8 Å². The predicted octanol–water partition coefficient (Wildman–Crippen LogP) is 2.25. The molecule has 0 aromatic heterocycles. The Kier molecular flexibility index (Phi) is 19.6. The van der Waals surface area contributed by atoms with Crippen LogP contribution in [0, 0.1) is 5.92 Å². The van der Waals surface area contributed by atoms with Crippen molar-refractivity contribution in [2.75, 3.05) is 59.4 Å². The molecular weight excluding hydrogens is 366 g/mol. The third-order valence-corrected chi connectivity index (χ3v) is 4.16. The van der Waals surface area contributed by atoms with Crippen LogP contribution in [0.15, 0.2) is 0 Å². The summed E-state index contributed by atoms with van der Waals surface area (Å²) in [5.41, 5.74) is 0. The van der Waals surface area contributed by atoms with Gasteiger partial charge in [-0.3, -0.25) is 9.59 Å². The maximum absolute atomic E-state index is 11.4. The molecule has 1 unspecified atom stereocenters. The monoisotopic (exact) mass is 405 g/mol. The summed E-state index contributed by atoms with van der Waals surface area (Å²) in [6.07, 6.45) is 4.12. The van der Waals surface area contributed by atoms with Gasteiger partial charge in [-0.1, -0.05) is 20.3 Å². The fourth-order valence-corrected chi connectivity index (χ4v) is 2.25. The molecule has 0 aliphatic carbocycles. The highest BCUT2D eigenvalue weighted by Gasteiger charge is 2.03. The van der Waals surface area contributed by atoms with E-state index in [1.807, 2.05) is 0 Å². The number of amides is 1. The van der Waals surface area contributed by atoms with Crippen LogP contribution >= 0.6 is 0 Å². The van der Waals surface area contributed by atoms with Gasteiger partial charge in [0.2, 0.25) is 5.91 Å². The first kappa shape index (κ1) is 26.8. The van der Waals surface area contributed by atoms with Crippen LogP contribution in [0.5, 0.6) is 0 Å². The zero-order valence-electron chi connectivity index (χ0n) is 17.6. The van der Waals surface area contributed by atoms with Crippen LogP contribution in [-0.4, -0.2) is 76.4 Å². The smallest absolute Gasteiger partial charge is 0.303 e. The van der Waals surface area contributed by atoms with Crippen molar-refractivity contribution < 1.29 is 33.6 Å². The molecule has 0 saturated carbocycles. The summed E-state index contributed by atoms with van der Waals surface area (Å²) in [6.45, 7) is 9.25. The lowest BCUT2D eigenvalue weighted by Gasteiger charge is -2.09. The van der Waals surface area contributed by atoms with Crippen LogP contribution < -0.4 is 5.32 Å². The Balaban J connectivity index is 3.14. The second kappa shape index (κ2) is 20.5. The summed E-state index contributed by atoms with van der Waals surface area (Å²) in [4.78, 5) is 21.7. The molecule has 0 saturated heterocycles. The first-order chi connectivity index (χ1) is 13.6. The molecule has 0 bridgehead atoms. The topological polar surface area (TPSA) is 103 Å². The number of aliphatic carboxylic acids is 1. The first-order valence-corrected chi connectivity index (χ1v) is 10.4. The molecule has 2 N–H and O–H groups in total. The van der Waals surface area contributed by atoms with E-state index in [1.54, 1.807) is 0 Å². The quantitative estimate of drug-likeness (QED) is 0.282. The summed E-state index contributed by atoms with van der Waals surface area (Å²) < 4.78 is 21.7. The molecule has 0 radical (unpaired) electrons. The lowest BCUT2D eigenvalue weighted by atomic mass is 10.0. The summed E-state index contributed by atoms with van der Waals surface area (Å²) in [6, 6.07) is 0. The van der Waals surface area contributed by atoms with Crippen molar-refractivity contribution >= 4 is 11.9 Å². The Hall–Kier alpha value is -1.22. The lowest BCUT2D eigenvalue weighted by molar-refractivity contribution is -0.137. The van der Waals surface area contributed by atoms with Crippen LogP contribution in [0.2, 0.25) is 0 Å². The molecule has 1 atom stereocenters. The van der Waals surface area contributed by atoms with E-state index >= 15 is 0 Å². The lowest BCUT2D eigenvalue weighted by Crippen LogP contribution is -2.27. The molecule has 0 aromatic rings. The van der Waals surface area contributed by atoms with E-state index < -0.39 is 5.97 Å². The van der Waals surface area contributed by atoms with E-state index in [2.05, 4.69) is 19.2 Å². The van der Waals surface area contributed by atoms with Crippen molar-refractivity contribution in [1.29, 1.82) is 0 Å². The molecule has 0 fully saturated rings. The van der Waals surface area contributed by atoms with Gasteiger partial charge in [0.05, 0.1) is 46.2 Å². The zero-order chi connectivity index (χ0) is 20.9. The number of nitrogens with one attached hydrogen (secondary N) is 1. The SMILES string of the molecule is CCC(C)CCCOCCOCCOCCOCCNC(=O)CCCC(=O)O. The molecule has 0 heterocycles. The molecular formula is C20H39NO7. The van der Waals surface area contributed by atoms with Gasteiger partial charge in [0.15, 0.2) is 0 Å². The Morgan fingerprint density at radius 1 is 0.821 bits per heavy atom. The molecule has 0 aliphatic rings. The normalized spacial score (nSPS) is 12.1. The van der Waals surface area contributed by atoms with Crippen LogP contribution in [-0.2, 0) is 28.5 Å². The molecule has 8 nitrogen and oxygen atoms in total. The summed E-state index contributed by atoms with van der Waals surface area (Å²) in [5, 5.41) is 11.2. The number of ether oxygens (including phenoxy) is 4. The molecule has 8 heteroatoms.